The monoisotopic (exact) mass is 282 g/mol. The standard InChI is InChI=1S/C14H22N2O2S/c1-11-7-12(8-15)3-4-13(11)9-16(2)14-5-6-19(17,18)10-14/h3-4,7,14H,5-6,8-10,15H2,1-2H3. The Balaban J connectivity index is 2.05. The molecule has 2 N–H and O–H groups in total. The molecule has 0 radical (unpaired) electrons. The molecule has 0 saturated carbocycles. The Hall–Kier alpha value is -0.910. The van der Waals surface area contributed by atoms with Crippen molar-refractivity contribution in [1.29, 1.82) is 0 Å². The molecule has 0 aliphatic carbocycles. The second-order valence-electron chi connectivity index (χ2n) is 5.44. The first kappa shape index (κ1) is 14.5. The number of hydrogen-bond donors (Lipinski definition) is 1. The average molecular weight is 282 g/mol. The van der Waals surface area contributed by atoms with Gasteiger partial charge in [0.25, 0.3) is 0 Å². The summed E-state index contributed by atoms with van der Waals surface area (Å²) in [6.07, 6.45) is 0.749. The maximum absolute atomic E-state index is 11.5. The molecule has 1 aliphatic heterocycles. The molecule has 19 heavy (non-hydrogen) atoms. The van der Waals surface area contributed by atoms with Crippen LogP contribution in [0.3, 0.4) is 0 Å². The molecule has 5 heteroatoms. The van der Waals surface area contributed by atoms with E-state index < -0.39 is 9.84 Å². The molecule has 4 nitrogen and oxygen atoms in total. The summed E-state index contributed by atoms with van der Waals surface area (Å²) < 4.78 is 23.0. The van der Waals surface area contributed by atoms with Gasteiger partial charge in [-0.15, -0.1) is 0 Å². The summed E-state index contributed by atoms with van der Waals surface area (Å²) in [7, 11) is -0.810. The third kappa shape index (κ3) is 3.55. The highest BCUT2D eigenvalue weighted by atomic mass is 32.2. The summed E-state index contributed by atoms with van der Waals surface area (Å²) in [4.78, 5) is 2.15. The summed E-state index contributed by atoms with van der Waals surface area (Å²) >= 11 is 0. The summed E-state index contributed by atoms with van der Waals surface area (Å²) in [6, 6.07) is 6.40. The van der Waals surface area contributed by atoms with Gasteiger partial charge in [0.05, 0.1) is 11.5 Å². The molecule has 0 spiro atoms. The molecule has 1 saturated heterocycles. The van der Waals surface area contributed by atoms with E-state index >= 15 is 0 Å². The largest absolute Gasteiger partial charge is 0.326 e. The fraction of sp³-hybridized carbons (Fsp3) is 0.571. The molecular weight excluding hydrogens is 260 g/mol. The number of sulfone groups is 1. The minimum Gasteiger partial charge on any atom is -0.326 e. The molecule has 0 amide bonds. The van der Waals surface area contributed by atoms with Crippen LogP contribution in [0.15, 0.2) is 18.2 Å². The van der Waals surface area contributed by atoms with Gasteiger partial charge in [0, 0.05) is 19.1 Å². The van der Waals surface area contributed by atoms with Gasteiger partial charge in [-0.05, 0) is 37.1 Å². The van der Waals surface area contributed by atoms with Crippen molar-refractivity contribution in [3.63, 3.8) is 0 Å². The Labute approximate surface area is 115 Å². The van der Waals surface area contributed by atoms with Gasteiger partial charge >= 0.3 is 0 Å². The van der Waals surface area contributed by atoms with Crippen molar-refractivity contribution in [1.82, 2.24) is 4.90 Å². The molecule has 1 aliphatic rings. The van der Waals surface area contributed by atoms with Gasteiger partial charge in [-0.2, -0.15) is 0 Å². The van der Waals surface area contributed by atoms with Crippen molar-refractivity contribution in [2.24, 2.45) is 5.73 Å². The van der Waals surface area contributed by atoms with Gasteiger partial charge in [-0.1, -0.05) is 18.2 Å². The number of benzene rings is 1. The van der Waals surface area contributed by atoms with Crippen molar-refractivity contribution in [3.8, 4) is 0 Å². The Morgan fingerprint density at radius 2 is 2.16 bits per heavy atom. The quantitative estimate of drug-likeness (QED) is 0.897. The number of hydrogen-bond acceptors (Lipinski definition) is 4. The third-order valence-electron chi connectivity index (χ3n) is 3.89. The van der Waals surface area contributed by atoms with Crippen LogP contribution in [-0.4, -0.2) is 37.9 Å². The third-order valence-corrected chi connectivity index (χ3v) is 5.64. The van der Waals surface area contributed by atoms with Gasteiger partial charge in [-0.25, -0.2) is 8.42 Å². The van der Waals surface area contributed by atoms with Crippen LogP contribution in [0.25, 0.3) is 0 Å². The molecule has 106 valence electrons. The lowest BCUT2D eigenvalue weighted by Crippen LogP contribution is -2.32. The van der Waals surface area contributed by atoms with E-state index in [0.717, 1.165) is 18.5 Å². The van der Waals surface area contributed by atoms with Crippen LogP contribution in [-0.2, 0) is 22.9 Å². The fourth-order valence-electron chi connectivity index (χ4n) is 2.58. The van der Waals surface area contributed by atoms with E-state index in [-0.39, 0.29) is 6.04 Å². The van der Waals surface area contributed by atoms with Crippen molar-refractivity contribution >= 4 is 9.84 Å². The predicted octanol–water partition coefficient (Wildman–Crippen LogP) is 1.07. The van der Waals surface area contributed by atoms with Crippen molar-refractivity contribution in [2.75, 3.05) is 18.6 Å². The van der Waals surface area contributed by atoms with E-state index in [9.17, 15) is 8.42 Å². The zero-order valence-electron chi connectivity index (χ0n) is 11.6. The molecule has 1 heterocycles. The molecular formula is C14H22N2O2S. The zero-order valence-corrected chi connectivity index (χ0v) is 12.4. The lowest BCUT2D eigenvalue weighted by atomic mass is 10.0. The molecule has 1 aromatic rings. The average Bonchev–Trinajstić information content (AvgIpc) is 2.72. The summed E-state index contributed by atoms with van der Waals surface area (Å²) in [5.41, 5.74) is 9.21. The van der Waals surface area contributed by atoms with Gasteiger partial charge in [0.2, 0.25) is 0 Å². The van der Waals surface area contributed by atoms with E-state index in [4.69, 9.17) is 5.73 Å². The maximum atomic E-state index is 11.5. The summed E-state index contributed by atoms with van der Waals surface area (Å²) in [5.74, 6) is 0.622. The molecule has 1 fully saturated rings. The lowest BCUT2D eigenvalue weighted by molar-refractivity contribution is 0.253. The number of rotatable bonds is 4. The van der Waals surface area contributed by atoms with Crippen LogP contribution in [0.5, 0.6) is 0 Å². The highest BCUT2D eigenvalue weighted by Gasteiger charge is 2.30. The first-order valence-electron chi connectivity index (χ1n) is 6.60. The second-order valence-corrected chi connectivity index (χ2v) is 7.67. The minimum absolute atomic E-state index is 0.151. The van der Waals surface area contributed by atoms with Crippen LogP contribution in [0, 0.1) is 6.92 Å². The number of nitrogens with zero attached hydrogens (tertiary/aromatic N) is 1. The Bertz CT molecular complexity index is 555. The first-order valence-corrected chi connectivity index (χ1v) is 8.42. The number of aryl methyl sites for hydroxylation is 1. The smallest absolute Gasteiger partial charge is 0.151 e. The summed E-state index contributed by atoms with van der Waals surface area (Å²) in [5, 5.41) is 0. The van der Waals surface area contributed by atoms with Gasteiger partial charge in [0.1, 0.15) is 0 Å². The second kappa shape index (κ2) is 5.61. The Morgan fingerprint density at radius 3 is 2.68 bits per heavy atom. The molecule has 2 rings (SSSR count). The highest BCUT2D eigenvalue weighted by Crippen LogP contribution is 2.20. The van der Waals surface area contributed by atoms with E-state index in [2.05, 4.69) is 24.0 Å². The van der Waals surface area contributed by atoms with Crippen LogP contribution in [0.2, 0.25) is 0 Å². The van der Waals surface area contributed by atoms with Gasteiger partial charge in [0.15, 0.2) is 9.84 Å². The Kier molecular flexibility index (Phi) is 4.28. The molecule has 1 aromatic carbocycles. The topological polar surface area (TPSA) is 63.4 Å². The molecule has 0 bridgehead atoms. The van der Waals surface area contributed by atoms with Gasteiger partial charge in [-0.3, -0.25) is 4.90 Å². The maximum Gasteiger partial charge on any atom is 0.151 e. The van der Waals surface area contributed by atoms with E-state index in [1.54, 1.807) is 0 Å². The molecule has 0 aromatic heterocycles. The zero-order chi connectivity index (χ0) is 14.0. The normalized spacial score (nSPS) is 22.0. The minimum atomic E-state index is -2.81. The van der Waals surface area contributed by atoms with Crippen LogP contribution >= 0.6 is 0 Å². The molecule has 1 atom stereocenters. The van der Waals surface area contributed by atoms with Crippen molar-refractivity contribution in [3.05, 3.63) is 34.9 Å². The fourth-order valence-corrected chi connectivity index (χ4v) is 4.39. The van der Waals surface area contributed by atoms with Crippen LogP contribution in [0.4, 0.5) is 0 Å². The van der Waals surface area contributed by atoms with Crippen LogP contribution < -0.4 is 5.73 Å². The van der Waals surface area contributed by atoms with Crippen LogP contribution in [0.1, 0.15) is 23.1 Å². The van der Waals surface area contributed by atoms with E-state index in [1.807, 2.05) is 13.1 Å². The summed E-state index contributed by atoms with van der Waals surface area (Å²) in [6.45, 7) is 3.42. The van der Waals surface area contributed by atoms with Crippen molar-refractivity contribution in [2.45, 2.75) is 32.5 Å². The lowest BCUT2D eigenvalue weighted by Gasteiger charge is -2.24. The molecule has 1 unspecified atom stereocenters. The Morgan fingerprint density at radius 1 is 1.42 bits per heavy atom. The van der Waals surface area contributed by atoms with E-state index in [0.29, 0.717) is 18.1 Å². The SMILES string of the molecule is Cc1cc(CN)ccc1CN(C)C1CCS(=O)(=O)C1. The van der Waals surface area contributed by atoms with Crippen molar-refractivity contribution < 1.29 is 8.42 Å². The first-order chi connectivity index (χ1) is 8.91. The number of nitrogens with two attached hydrogens (primary N) is 1. The van der Waals surface area contributed by atoms with E-state index in [1.165, 1.54) is 11.1 Å². The highest BCUT2D eigenvalue weighted by molar-refractivity contribution is 7.91. The van der Waals surface area contributed by atoms with Gasteiger partial charge < -0.3 is 5.73 Å². The predicted molar refractivity (Wildman–Crippen MR) is 77.6 cm³/mol.